The van der Waals surface area contributed by atoms with E-state index in [-0.39, 0.29) is 18.4 Å². The second-order valence-electron chi connectivity index (χ2n) is 5.61. The quantitative estimate of drug-likeness (QED) is 0.885. The Kier molecular flexibility index (Phi) is 5.06. The largest absolute Gasteiger partial charge is 0.484 e. The van der Waals surface area contributed by atoms with E-state index in [0.717, 1.165) is 16.1 Å². The van der Waals surface area contributed by atoms with Gasteiger partial charge in [-0.3, -0.25) is 9.59 Å². The van der Waals surface area contributed by atoms with Gasteiger partial charge in [-0.15, -0.1) is 11.3 Å². The van der Waals surface area contributed by atoms with Crippen LogP contribution in [0.4, 0.5) is 5.69 Å². The molecule has 0 saturated carbocycles. The molecule has 0 atom stereocenters. The van der Waals surface area contributed by atoms with Gasteiger partial charge in [-0.1, -0.05) is 11.6 Å². The van der Waals surface area contributed by atoms with Crippen LogP contribution in [0.25, 0.3) is 0 Å². The molecule has 0 radical (unpaired) electrons. The maximum absolute atomic E-state index is 12.2. The van der Waals surface area contributed by atoms with Crippen molar-refractivity contribution >= 4 is 40.4 Å². The summed E-state index contributed by atoms with van der Waals surface area (Å²) in [7, 11) is 1.74. The average Bonchev–Trinajstić information content (AvgIpc) is 2.97. The third-order valence-electron chi connectivity index (χ3n) is 3.78. The van der Waals surface area contributed by atoms with Crippen molar-refractivity contribution in [3.05, 3.63) is 45.1 Å². The minimum Gasteiger partial charge on any atom is -0.484 e. The van der Waals surface area contributed by atoms with Gasteiger partial charge < -0.3 is 15.0 Å². The fourth-order valence-corrected chi connectivity index (χ4v) is 3.60. The van der Waals surface area contributed by atoms with E-state index in [1.807, 2.05) is 24.3 Å². The number of amides is 2. The molecule has 24 heavy (non-hydrogen) atoms. The summed E-state index contributed by atoms with van der Waals surface area (Å²) in [6.45, 7) is 0.483. The molecule has 2 heterocycles. The number of ether oxygens (including phenoxy) is 1. The highest BCUT2D eigenvalue weighted by Gasteiger charge is 2.16. The number of fused-ring (bicyclic) bond motifs is 1. The van der Waals surface area contributed by atoms with Crippen molar-refractivity contribution in [1.82, 2.24) is 4.90 Å². The highest BCUT2D eigenvalue weighted by molar-refractivity contribution is 7.16. The molecule has 0 unspecified atom stereocenters. The van der Waals surface area contributed by atoms with Gasteiger partial charge in [0.15, 0.2) is 6.61 Å². The first-order valence-corrected chi connectivity index (χ1v) is 8.74. The molecule has 0 fully saturated rings. The van der Waals surface area contributed by atoms with Gasteiger partial charge in [0.25, 0.3) is 5.91 Å². The van der Waals surface area contributed by atoms with Crippen molar-refractivity contribution in [3.8, 4) is 5.75 Å². The molecule has 1 aromatic heterocycles. The minimum atomic E-state index is -0.106. The Labute approximate surface area is 149 Å². The molecular formula is C17H17ClN2O3S. The number of hydrogen-bond acceptors (Lipinski definition) is 4. The molecule has 1 aromatic carbocycles. The molecule has 126 valence electrons. The lowest BCUT2D eigenvalue weighted by atomic mass is 10.0. The Morgan fingerprint density at radius 3 is 2.92 bits per heavy atom. The van der Waals surface area contributed by atoms with Crippen molar-refractivity contribution in [2.75, 3.05) is 19.0 Å². The second-order valence-corrected chi connectivity index (χ2v) is 7.41. The van der Waals surface area contributed by atoms with E-state index < -0.39 is 0 Å². The Hall–Kier alpha value is -2.05. The van der Waals surface area contributed by atoms with Gasteiger partial charge in [0.1, 0.15) is 5.75 Å². The lowest BCUT2D eigenvalue weighted by Gasteiger charge is -2.19. The summed E-state index contributed by atoms with van der Waals surface area (Å²) in [4.78, 5) is 26.2. The van der Waals surface area contributed by atoms with E-state index in [9.17, 15) is 9.59 Å². The molecule has 2 amide bonds. The maximum Gasteiger partial charge on any atom is 0.260 e. The number of anilines is 1. The molecule has 5 nitrogen and oxygen atoms in total. The number of likely N-dealkylation sites (N-methyl/N-ethyl adjacent to an activating group) is 1. The first kappa shape index (κ1) is 16.8. The number of carbonyl (C=O) groups is 2. The van der Waals surface area contributed by atoms with E-state index in [4.69, 9.17) is 16.3 Å². The van der Waals surface area contributed by atoms with Crippen LogP contribution in [0.3, 0.4) is 0 Å². The third kappa shape index (κ3) is 4.07. The van der Waals surface area contributed by atoms with E-state index >= 15 is 0 Å². The molecular weight excluding hydrogens is 348 g/mol. The Bertz CT molecular complexity index is 775. The highest BCUT2D eigenvalue weighted by Crippen LogP contribution is 2.27. The minimum absolute atomic E-state index is 0.0270. The van der Waals surface area contributed by atoms with Gasteiger partial charge in [-0.05, 0) is 42.3 Å². The topological polar surface area (TPSA) is 58.6 Å². The smallest absolute Gasteiger partial charge is 0.260 e. The van der Waals surface area contributed by atoms with Gasteiger partial charge >= 0.3 is 0 Å². The fourth-order valence-electron chi connectivity index (χ4n) is 2.46. The number of rotatable bonds is 5. The molecule has 2 aromatic rings. The summed E-state index contributed by atoms with van der Waals surface area (Å²) in [6.07, 6.45) is 1.16. The van der Waals surface area contributed by atoms with Crippen molar-refractivity contribution < 1.29 is 14.3 Å². The number of benzene rings is 1. The van der Waals surface area contributed by atoms with Crippen LogP contribution < -0.4 is 10.1 Å². The second kappa shape index (κ2) is 7.23. The lowest BCUT2D eigenvalue weighted by Crippen LogP contribution is -2.30. The predicted octanol–water partition coefficient (Wildman–Crippen LogP) is 3.32. The molecule has 0 spiro atoms. The van der Waals surface area contributed by atoms with Crippen LogP contribution in [-0.4, -0.2) is 30.4 Å². The summed E-state index contributed by atoms with van der Waals surface area (Å²) in [6, 6.07) is 9.18. The van der Waals surface area contributed by atoms with Gasteiger partial charge in [0.05, 0.1) is 10.9 Å². The summed E-state index contributed by atoms with van der Waals surface area (Å²) < 4.78 is 6.31. The zero-order valence-corrected chi connectivity index (χ0v) is 14.7. The summed E-state index contributed by atoms with van der Waals surface area (Å²) in [5.74, 6) is 0.554. The van der Waals surface area contributed by atoms with Gasteiger partial charge in [0, 0.05) is 24.0 Å². The van der Waals surface area contributed by atoms with Gasteiger partial charge in [-0.2, -0.15) is 0 Å². The number of hydrogen-bond donors (Lipinski definition) is 1. The number of halogens is 1. The van der Waals surface area contributed by atoms with Crippen LogP contribution >= 0.6 is 22.9 Å². The first-order valence-electron chi connectivity index (χ1n) is 7.55. The summed E-state index contributed by atoms with van der Waals surface area (Å²) >= 11 is 7.36. The van der Waals surface area contributed by atoms with Crippen LogP contribution in [0.5, 0.6) is 5.75 Å². The Balaban J connectivity index is 1.55. The van der Waals surface area contributed by atoms with Crippen LogP contribution in [0.15, 0.2) is 30.3 Å². The number of nitrogens with one attached hydrogen (secondary N) is 1. The predicted molar refractivity (Wildman–Crippen MR) is 94.7 cm³/mol. The van der Waals surface area contributed by atoms with Crippen molar-refractivity contribution in [3.63, 3.8) is 0 Å². The highest BCUT2D eigenvalue weighted by atomic mass is 35.5. The van der Waals surface area contributed by atoms with Crippen LogP contribution in [0.2, 0.25) is 4.34 Å². The average molecular weight is 365 g/mol. The number of thiophene rings is 1. The summed E-state index contributed by atoms with van der Waals surface area (Å²) in [5.41, 5.74) is 1.85. The van der Waals surface area contributed by atoms with Crippen LogP contribution in [0, 0.1) is 0 Å². The molecule has 0 saturated heterocycles. The summed E-state index contributed by atoms with van der Waals surface area (Å²) in [5, 5.41) is 2.82. The van der Waals surface area contributed by atoms with E-state index in [1.54, 1.807) is 18.0 Å². The van der Waals surface area contributed by atoms with E-state index in [0.29, 0.717) is 29.5 Å². The standard InChI is InChI=1S/C17H17ClN2O3S/c1-20(9-13-4-6-15(18)24-13)17(22)10-23-12-3-5-14-11(8-12)2-7-16(21)19-14/h3-6,8H,2,7,9-10H2,1H3,(H,19,21). The van der Waals surface area contributed by atoms with E-state index in [1.165, 1.54) is 11.3 Å². The zero-order chi connectivity index (χ0) is 17.1. The molecule has 1 aliphatic rings. The molecule has 1 aliphatic heterocycles. The van der Waals surface area contributed by atoms with Crippen LogP contribution in [-0.2, 0) is 22.6 Å². The third-order valence-corrected chi connectivity index (χ3v) is 5.00. The van der Waals surface area contributed by atoms with Crippen molar-refractivity contribution in [2.45, 2.75) is 19.4 Å². The maximum atomic E-state index is 12.2. The van der Waals surface area contributed by atoms with Crippen molar-refractivity contribution in [2.24, 2.45) is 0 Å². The molecule has 1 N–H and O–H groups in total. The molecule has 0 aliphatic carbocycles. The normalized spacial score (nSPS) is 13.2. The number of carbonyl (C=O) groups excluding carboxylic acids is 2. The zero-order valence-electron chi connectivity index (χ0n) is 13.2. The molecule has 7 heteroatoms. The van der Waals surface area contributed by atoms with Crippen molar-refractivity contribution in [1.29, 1.82) is 0 Å². The monoisotopic (exact) mass is 364 g/mol. The van der Waals surface area contributed by atoms with E-state index in [2.05, 4.69) is 5.32 Å². The fraction of sp³-hybridized carbons (Fsp3) is 0.294. The van der Waals surface area contributed by atoms with Crippen LogP contribution in [0.1, 0.15) is 16.9 Å². The molecule has 3 rings (SSSR count). The Morgan fingerprint density at radius 1 is 1.33 bits per heavy atom. The SMILES string of the molecule is CN(Cc1ccc(Cl)s1)C(=O)COc1ccc2c(c1)CCC(=O)N2. The Morgan fingerprint density at radius 2 is 2.17 bits per heavy atom. The number of aryl methyl sites for hydroxylation is 1. The van der Waals surface area contributed by atoms with Gasteiger partial charge in [-0.25, -0.2) is 0 Å². The lowest BCUT2D eigenvalue weighted by molar-refractivity contribution is -0.132. The van der Waals surface area contributed by atoms with Gasteiger partial charge in [0.2, 0.25) is 5.91 Å². The first-order chi connectivity index (χ1) is 11.5. The molecule has 0 bridgehead atoms. The number of nitrogens with zero attached hydrogens (tertiary/aromatic N) is 1.